The number of hydrogen-bond acceptors (Lipinski definition) is 7. The van der Waals surface area contributed by atoms with E-state index in [1.165, 1.54) is 24.1 Å². The van der Waals surface area contributed by atoms with Crippen LogP contribution in [0.3, 0.4) is 0 Å². The summed E-state index contributed by atoms with van der Waals surface area (Å²) in [7, 11) is -0.661. The van der Waals surface area contributed by atoms with Gasteiger partial charge in [-0.3, -0.25) is 4.79 Å². The van der Waals surface area contributed by atoms with Crippen molar-refractivity contribution in [2.24, 2.45) is 0 Å². The molecule has 1 amide bonds. The Hall–Kier alpha value is -1.78. The van der Waals surface area contributed by atoms with Crippen LogP contribution in [0.25, 0.3) is 0 Å². The van der Waals surface area contributed by atoms with Gasteiger partial charge in [0.25, 0.3) is 5.91 Å². The summed E-state index contributed by atoms with van der Waals surface area (Å²) in [5.41, 5.74) is 0.136. The molecule has 1 aromatic carbocycles. The summed E-state index contributed by atoms with van der Waals surface area (Å²) in [4.78, 5) is 25.6. The van der Waals surface area contributed by atoms with Gasteiger partial charge in [-0.15, -0.1) is 0 Å². The zero-order chi connectivity index (χ0) is 18.7. The fourth-order valence-electron chi connectivity index (χ4n) is 2.34. The van der Waals surface area contributed by atoms with E-state index in [9.17, 15) is 19.6 Å². The molecule has 0 atom stereocenters. The Bertz CT molecular complexity index is 740. The number of nitrogens with zero attached hydrogens (tertiary/aromatic N) is 1. The van der Waals surface area contributed by atoms with Gasteiger partial charge in [-0.25, -0.2) is 4.79 Å². The van der Waals surface area contributed by atoms with Crippen molar-refractivity contribution >= 4 is 53.3 Å². The third kappa shape index (κ3) is 4.08. The lowest BCUT2D eigenvalue weighted by molar-refractivity contribution is -0.136. The number of anilines is 1. The summed E-state index contributed by atoms with van der Waals surface area (Å²) >= 11 is 12.0. The van der Waals surface area contributed by atoms with E-state index in [-0.39, 0.29) is 52.2 Å². The highest BCUT2D eigenvalue weighted by atomic mass is 35.5. The first-order chi connectivity index (χ1) is 11.8. The third-order valence-electron chi connectivity index (χ3n) is 3.58. The van der Waals surface area contributed by atoms with Gasteiger partial charge < -0.3 is 30.1 Å². The van der Waals surface area contributed by atoms with E-state index >= 15 is 0 Å². The molecule has 0 saturated carbocycles. The number of carbonyl (C=O) groups excluding carboxylic acids is 2. The molecule has 1 aliphatic heterocycles. The van der Waals surface area contributed by atoms with Crippen LogP contribution in [0.1, 0.15) is 0 Å². The molecule has 1 aromatic rings. The van der Waals surface area contributed by atoms with E-state index in [2.05, 4.69) is 10.1 Å². The van der Waals surface area contributed by atoms with Crippen molar-refractivity contribution in [1.82, 2.24) is 4.90 Å². The van der Waals surface area contributed by atoms with Gasteiger partial charge in [0.05, 0.1) is 36.5 Å². The Labute approximate surface area is 153 Å². The minimum Gasteiger partial charge on any atom is -0.466 e. The number of esters is 1. The van der Waals surface area contributed by atoms with Crippen LogP contribution >= 0.6 is 23.2 Å². The SMILES string of the molecule is COC(=O)C1=C(Nc2cc(B(O)O)c(Cl)cc2Cl)C(=O)N(CCO)C1. The fourth-order valence-corrected chi connectivity index (χ4v) is 2.87. The molecular formula is C14H15BCl2N2O6. The van der Waals surface area contributed by atoms with Crippen LogP contribution in [0.4, 0.5) is 5.69 Å². The lowest BCUT2D eigenvalue weighted by Crippen LogP contribution is -2.32. The molecule has 0 spiro atoms. The molecule has 0 aliphatic carbocycles. The number of β-amino-alcohol motifs (C(OH)–C–C–N with tert-alkyl or cyclic N) is 1. The zero-order valence-electron chi connectivity index (χ0n) is 13.1. The van der Waals surface area contributed by atoms with E-state index in [1.807, 2.05) is 0 Å². The first kappa shape index (κ1) is 19.5. The highest BCUT2D eigenvalue weighted by Crippen LogP contribution is 2.29. The van der Waals surface area contributed by atoms with E-state index in [0.29, 0.717) is 0 Å². The predicted octanol–water partition coefficient (Wildman–Crippen LogP) is -0.653. The second-order valence-electron chi connectivity index (χ2n) is 5.15. The highest BCUT2D eigenvalue weighted by Gasteiger charge is 2.35. The number of methoxy groups -OCH3 is 1. The highest BCUT2D eigenvalue weighted by molar-refractivity contribution is 6.63. The number of nitrogens with one attached hydrogen (secondary N) is 1. The number of amides is 1. The molecule has 1 heterocycles. The summed E-state index contributed by atoms with van der Waals surface area (Å²) < 4.78 is 4.68. The molecule has 0 aromatic heterocycles. The van der Waals surface area contributed by atoms with Gasteiger partial charge in [0, 0.05) is 17.0 Å². The summed E-state index contributed by atoms with van der Waals surface area (Å²) in [6.45, 7) is -0.259. The predicted molar refractivity (Wildman–Crippen MR) is 92.6 cm³/mol. The summed E-state index contributed by atoms with van der Waals surface area (Å²) in [5.74, 6) is -1.23. The van der Waals surface area contributed by atoms with Crippen LogP contribution in [-0.2, 0) is 14.3 Å². The van der Waals surface area contributed by atoms with E-state index in [0.717, 1.165) is 0 Å². The monoisotopic (exact) mass is 388 g/mol. The standard InChI is InChI=1S/C14H15BCl2N2O6/c1-25-14(22)7-6-19(2-3-20)13(21)12(7)18-11-4-8(15(23)24)9(16)5-10(11)17/h4-5,18,20,23-24H,2-3,6H2,1H3. The molecule has 134 valence electrons. The zero-order valence-corrected chi connectivity index (χ0v) is 14.6. The maximum atomic E-state index is 12.4. The van der Waals surface area contributed by atoms with Crippen molar-refractivity contribution in [1.29, 1.82) is 0 Å². The number of hydrogen-bond donors (Lipinski definition) is 4. The number of aliphatic hydroxyl groups is 1. The first-order valence-electron chi connectivity index (χ1n) is 7.13. The molecular weight excluding hydrogens is 374 g/mol. The van der Waals surface area contributed by atoms with Crippen LogP contribution in [0.2, 0.25) is 10.0 Å². The second-order valence-corrected chi connectivity index (χ2v) is 5.96. The van der Waals surface area contributed by atoms with Crippen LogP contribution < -0.4 is 10.8 Å². The second kappa shape index (κ2) is 8.07. The largest absolute Gasteiger partial charge is 0.490 e. The molecule has 25 heavy (non-hydrogen) atoms. The van der Waals surface area contributed by atoms with Crippen molar-refractivity contribution in [2.45, 2.75) is 0 Å². The average molecular weight is 389 g/mol. The quantitative estimate of drug-likeness (QED) is 0.377. The minimum atomic E-state index is -1.84. The van der Waals surface area contributed by atoms with Crippen molar-refractivity contribution in [2.75, 3.05) is 32.1 Å². The van der Waals surface area contributed by atoms with Crippen LogP contribution in [0.15, 0.2) is 23.4 Å². The average Bonchev–Trinajstić information content (AvgIpc) is 2.86. The van der Waals surface area contributed by atoms with Crippen molar-refractivity contribution in [3.05, 3.63) is 33.4 Å². The van der Waals surface area contributed by atoms with Crippen molar-refractivity contribution in [3.8, 4) is 0 Å². The fraction of sp³-hybridized carbons (Fsp3) is 0.286. The molecule has 0 unspecified atom stereocenters. The van der Waals surface area contributed by atoms with Gasteiger partial charge in [-0.1, -0.05) is 23.2 Å². The van der Waals surface area contributed by atoms with Crippen molar-refractivity contribution < 1.29 is 29.5 Å². The van der Waals surface area contributed by atoms with Gasteiger partial charge in [0.1, 0.15) is 5.70 Å². The number of ether oxygens (including phenoxy) is 1. The van der Waals surface area contributed by atoms with Gasteiger partial charge in [-0.05, 0) is 12.1 Å². The molecule has 2 rings (SSSR count). The normalized spacial score (nSPS) is 14.2. The third-order valence-corrected chi connectivity index (χ3v) is 4.22. The summed E-state index contributed by atoms with van der Waals surface area (Å²) in [5, 5.41) is 30.6. The van der Waals surface area contributed by atoms with Crippen LogP contribution in [-0.4, -0.2) is 65.9 Å². The Kier molecular flexibility index (Phi) is 6.31. The smallest absolute Gasteiger partial charge is 0.466 e. The van der Waals surface area contributed by atoms with Gasteiger partial charge in [0.2, 0.25) is 0 Å². The maximum Gasteiger partial charge on any atom is 0.490 e. The Morgan fingerprint density at radius 3 is 2.60 bits per heavy atom. The molecule has 0 fully saturated rings. The molecule has 11 heteroatoms. The minimum absolute atomic E-state index is 0.0218. The number of rotatable bonds is 6. The van der Waals surface area contributed by atoms with E-state index < -0.39 is 19.0 Å². The molecule has 1 aliphatic rings. The van der Waals surface area contributed by atoms with Crippen LogP contribution in [0, 0.1) is 0 Å². The Morgan fingerprint density at radius 1 is 1.36 bits per heavy atom. The molecule has 0 bridgehead atoms. The van der Waals surface area contributed by atoms with Gasteiger partial charge in [-0.2, -0.15) is 0 Å². The molecule has 0 saturated heterocycles. The topological polar surface area (TPSA) is 119 Å². The van der Waals surface area contributed by atoms with Gasteiger partial charge >= 0.3 is 13.1 Å². The number of halogens is 2. The molecule has 0 radical (unpaired) electrons. The number of carbonyl (C=O) groups is 2. The lowest BCUT2D eigenvalue weighted by Gasteiger charge is -2.16. The Balaban J connectivity index is 2.43. The van der Waals surface area contributed by atoms with Crippen molar-refractivity contribution in [3.63, 3.8) is 0 Å². The lowest BCUT2D eigenvalue weighted by atomic mass is 9.80. The Morgan fingerprint density at radius 2 is 2.04 bits per heavy atom. The molecule has 4 N–H and O–H groups in total. The van der Waals surface area contributed by atoms with Gasteiger partial charge in [0.15, 0.2) is 0 Å². The summed E-state index contributed by atoms with van der Waals surface area (Å²) in [6.07, 6.45) is 0. The number of benzene rings is 1. The number of aliphatic hydroxyl groups excluding tert-OH is 1. The van der Waals surface area contributed by atoms with E-state index in [1.54, 1.807) is 0 Å². The first-order valence-corrected chi connectivity index (χ1v) is 7.89. The van der Waals surface area contributed by atoms with Crippen LogP contribution in [0.5, 0.6) is 0 Å². The van der Waals surface area contributed by atoms with E-state index in [4.69, 9.17) is 28.3 Å². The summed E-state index contributed by atoms with van der Waals surface area (Å²) in [6, 6.07) is 2.54. The molecule has 8 nitrogen and oxygen atoms in total. The maximum absolute atomic E-state index is 12.4.